The molecule has 23 heavy (non-hydrogen) atoms. The summed E-state index contributed by atoms with van der Waals surface area (Å²) >= 11 is 1.38. The molecule has 1 amide bonds. The first-order valence-corrected chi connectivity index (χ1v) is 7.98. The zero-order chi connectivity index (χ0) is 16.2. The maximum atomic E-state index is 12.1. The SMILES string of the molecule is COC1(OC)CC(C2=C(C(=O)O)N3C(=O)[C@H]([C@@H](C)O)[C@H]3S2)C1.[H-].[Na+]. The van der Waals surface area contributed by atoms with Crippen LogP contribution in [0.1, 0.15) is 21.2 Å². The molecule has 0 bridgehead atoms. The Kier molecular flexibility index (Phi) is 5.58. The van der Waals surface area contributed by atoms with Crippen molar-refractivity contribution in [2.24, 2.45) is 11.8 Å². The van der Waals surface area contributed by atoms with Gasteiger partial charge in [-0.2, -0.15) is 0 Å². The van der Waals surface area contributed by atoms with Crippen LogP contribution in [0.4, 0.5) is 0 Å². The van der Waals surface area contributed by atoms with E-state index in [2.05, 4.69) is 0 Å². The average molecular weight is 353 g/mol. The Morgan fingerprint density at radius 1 is 1.43 bits per heavy atom. The van der Waals surface area contributed by atoms with Crippen LogP contribution >= 0.6 is 11.8 Å². The van der Waals surface area contributed by atoms with Crippen LogP contribution < -0.4 is 29.6 Å². The van der Waals surface area contributed by atoms with Gasteiger partial charge in [0, 0.05) is 37.9 Å². The van der Waals surface area contributed by atoms with E-state index >= 15 is 0 Å². The Balaban J connectivity index is 0.00000144. The Hall–Kier alpha value is -0.0900. The average Bonchev–Trinajstić information content (AvgIpc) is 2.73. The number of fused-ring (bicyclic) bond motifs is 1. The molecule has 0 aromatic heterocycles. The Morgan fingerprint density at radius 3 is 2.43 bits per heavy atom. The minimum absolute atomic E-state index is 0. The van der Waals surface area contributed by atoms with E-state index in [0.29, 0.717) is 17.7 Å². The molecule has 2 aliphatic heterocycles. The summed E-state index contributed by atoms with van der Waals surface area (Å²) in [5, 5.41) is 18.9. The number of carboxylic acids is 1. The van der Waals surface area contributed by atoms with Crippen LogP contribution in [0.2, 0.25) is 0 Å². The van der Waals surface area contributed by atoms with Gasteiger partial charge in [-0.3, -0.25) is 9.69 Å². The quantitative estimate of drug-likeness (QED) is 0.326. The van der Waals surface area contributed by atoms with Gasteiger partial charge in [0.25, 0.3) is 0 Å². The number of carboxylic acid groups (broad SMARTS) is 1. The fraction of sp³-hybridized carbons (Fsp3) is 0.714. The van der Waals surface area contributed by atoms with E-state index in [1.54, 1.807) is 21.1 Å². The summed E-state index contributed by atoms with van der Waals surface area (Å²) in [6.07, 6.45) is 0.342. The summed E-state index contributed by atoms with van der Waals surface area (Å²) in [4.78, 5) is 25.7. The molecule has 1 saturated carbocycles. The second kappa shape index (κ2) is 6.67. The summed E-state index contributed by atoms with van der Waals surface area (Å²) < 4.78 is 10.7. The number of aliphatic carboxylic acids is 1. The van der Waals surface area contributed by atoms with Gasteiger partial charge in [0.05, 0.1) is 12.0 Å². The molecule has 1 aliphatic carbocycles. The van der Waals surface area contributed by atoms with E-state index in [-0.39, 0.29) is 53.9 Å². The monoisotopic (exact) mass is 353 g/mol. The molecule has 7 nitrogen and oxygen atoms in total. The normalized spacial score (nSPS) is 30.3. The van der Waals surface area contributed by atoms with Crippen molar-refractivity contribution in [1.29, 1.82) is 0 Å². The zero-order valence-electron chi connectivity index (χ0n) is 14.6. The summed E-state index contributed by atoms with van der Waals surface area (Å²) in [6, 6.07) is 0. The van der Waals surface area contributed by atoms with Crippen LogP contribution in [0, 0.1) is 11.8 Å². The number of hydrogen-bond donors (Lipinski definition) is 2. The summed E-state index contributed by atoms with van der Waals surface area (Å²) in [7, 11) is 3.13. The van der Waals surface area contributed by atoms with Crippen molar-refractivity contribution in [1.82, 2.24) is 4.90 Å². The zero-order valence-corrected chi connectivity index (χ0v) is 16.4. The number of methoxy groups -OCH3 is 2. The van der Waals surface area contributed by atoms with E-state index in [1.807, 2.05) is 0 Å². The van der Waals surface area contributed by atoms with Crippen LogP contribution in [0.5, 0.6) is 0 Å². The first kappa shape index (κ1) is 19.2. The molecule has 1 saturated heterocycles. The fourth-order valence-electron chi connectivity index (χ4n) is 3.39. The number of aliphatic hydroxyl groups is 1. The molecule has 0 aromatic carbocycles. The van der Waals surface area contributed by atoms with Gasteiger partial charge in [0.1, 0.15) is 11.1 Å². The summed E-state index contributed by atoms with van der Waals surface area (Å²) in [6.45, 7) is 1.56. The van der Waals surface area contributed by atoms with E-state index in [1.165, 1.54) is 16.7 Å². The third kappa shape index (κ3) is 2.78. The number of carbonyl (C=O) groups is 2. The van der Waals surface area contributed by atoms with E-state index in [4.69, 9.17) is 9.47 Å². The summed E-state index contributed by atoms with van der Waals surface area (Å²) in [5.74, 6) is -2.61. The molecule has 124 valence electrons. The molecule has 2 fully saturated rings. The number of nitrogens with zero attached hydrogens (tertiary/aromatic N) is 1. The maximum Gasteiger partial charge on any atom is 1.00 e. The number of carbonyl (C=O) groups excluding carboxylic acids is 1. The molecule has 9 heteroatoms. The van der Waals surface area contributed by atoms with Gasteiger partial charge < -0.3 is 21.1 Å². The number of amides is 1. The molecule has 3 rings (SSSR count). The molecule has 3 aliphatic rings. The molecular formula is C14H20NNaO6S. The van der Waals surface area contributed by atoms with Gasteiger partial charge in [-0.05, 0) is 6.92 Å². The second-order valence-corrected chi connectivity index (χ2v) is 7.08. The predicted molar refractivity (Wildman–Crippen MR) is 78.6 cm³/mol. The van der Waals surface area contributed by atoms with Crippen LogP contribution in [-0.2, 0) is 19.1 Å². The molecule has 0 unspecified atom stereocenters. The van der Waals surface area contributed by atoms with Crippen molar-refractivity contribution in [3.8, 4) is 0 Å². The molecule has 0 radical (unpaired) electrons. The molecule has 2 heterocycles. The van der Waals surface area contributed by atoms with Crippen molar-refractivity contribution in [2.45, 2.75) is 37.0 Å². The minimum atomic E-state index is -1.10. The minimum Gasteiger partial charge on any atom is -1.00 e. The summed E-state index contributed by atoms with van der Waals surface area (Å²) in [5.41, 5.74) is 0.0581. The number of β-lactam (4-membered cyclic amide) rings is 1. The van der Waals surface area contributed by atoms with Gasteiger partial charge in [-0.25, -0.2) is 4.79 Å². The molecule has 2 N–H and O–H groups in total. The third-order valence-electron chi connectivity index (χ3n) is 4.76. The van der Waals surface area contributed by atoms with Crippen molar-refractivity contribution in [2.75, 3.05) is 14.2 Å². The van der Waals surface area contributed by atoms with Gasteiger partial charge in [0.2, 0.25) is 5.91 Å². The standard InChI is InChI=1S/C14H19NO6S.Na.H/c1-6(16)8-11(17)15-9(13(18)19)10(22-12(8)15)7-4-14(5-7,20-2)21-3;;/h6-8,12,16H,4-5H2,1-3H3,(H,18,19);;/q;+1;-1/t6-,8+,12-;;/m1../s1. The molecular weight excluding hydrogens is 333 g/mol. The number of hydrogen-bond acceptors (Lipinski definition) is 6. The van der Waals surface area contributed by atoms with E-state index < -0.39 is 23.8 Å². The number of aliphatic hydroxyl groups excluding tert-OH is 1. The van der Waals surface area contributed by atoms with Crippen molar-refractivity contribution >= 4 is 23.6 Å². The molecule has 0 aromatic rings. The van der Waals surface area contributed by atoms with Crippen molar-refractivity contribution < 1.29 is 60.3 Å². The Morgan fingerprint density at radius 2 is 2.00 bits per heavy atom. The number of rotatable bonds is 5. The predicted octanol–water partition coefficient (Wildman–Crippen LogP) is -2.29. The first-order valence-electron chi connectivity index (χ1n) is 7.11. The van der Waals surface area contributed by atoms with Gasteiger partial charge in [0.15, 0.2) is 5.79 Å². The fourth-order valence-corrected chi connectivity index (χ4v) is 5.11. The largest absolute Gasteiger partial charge is 1.00 e. The number of allylic oxidation sites excluding steroid dienone is 1. The van der Waals surface area contributed by atoms with E-state index in [0.717, 1.165) is 0 Å². The Labute approximate surface area is 162 Å². The smallest absolute Gasteiger partial charge is 1.00 e. The first-order chi connectivity index (χ1) is 10.3. The van der Waals surface area contributed by atoms with Crippen LogP contribution in [0.3, 0.4) is 0 Å². The van der Waals surface area contributed by atoms with Gasteiger partial charge >= 0.3 is 35.5 Å². The second-order valence-electron chi connectivity index (χ2n) is 5.93. The molecule has 0 spiro atoms. The molecule has 3 atom stereocenters. The Bertz CT molecular complexity index is 559. The van der Waals surface area contributed by atoms with Gasteiger partial charge in [-0.1, -0.05) is 0 Å². The maximum absolute atomic E-state index is 12.1. The van der Waals surface area contributed by atoms with Crippen molar-refractivity contribution in [3.63, 3.8) is 0 Å². The van der Waals surface area contributed by atoms with Crippen molar-refractivity contribution in [3.05, 3.63) is 10.6 Å². The number of ether oxygens (including phenoxy) is 2. The van der Waals surface area contributed by atoms with Crippen LogP contribution in [0.25, 0.3) is 0 Å². The van der Waals surface area contributed by atoms with E-state index in [9.17, 15) is 19.8 Å². The van der Waals surface area contributed by atoms with Crippen LogP contribution in [0.15, 0.2) is 10.6 Å². The third-order valence-corrected chi connectivity index (χ3v) is 6.28. The number of thioether (sulfide) groups is 1. The van der Waals surface area contributed by atoms with Crippen LogP contribution in [-0.4, -0.2) is 58.5 Å². The van der Waals surface area contributed by atoms with Gasteiger partial charge in [-0.15, -0.1) is 11.8 Å². The topological polar surface area (TPSA) is 96.3 Å².